The van der Waals surface area contributed by atoms with Crippen LogP contribution in [0.2, 0.25) is 0 Å². The Bertz CT molecular complexity index is 777. The minimum atomic E-state index is -0.952. The van der Waals surface area contributed by atoms with Gasteiger partial charge in [-0.3, -0.25) is 0 Å². The Morgan fingerprint density at radius 1 is 1.32 bits per heavy atom. The van der Waals surface area contributed by atoms with E-state index in [1.54, 1.807) is 24.4 Å². The number of carboxylic acid groups (broad SMARTS) is 1. The van der Waals surface area contributed by atoms with Crippen molar-refractivity contribution in [2.45, 2.75) is 6.92 Å². The average Bonchev–Trinajstić information content (AvgIpc) is 2.81. The molecule has 5 heteroatoms. The third-order valence-corrected chi connectivity index (χ3v) is 2.86. The highest BCUT2D eigenvalue weighted by Crippen LogP contribution is 2.20. The first kappa shape index (κ1) is 11.4. The van der Waals surface area contributed by atoms with Crippen LogP contribution in [0.1, 0.15) is 15.9 Å². The zero-order chi connectivity index (χ0) is 13.4. The molecule has 2 N–H and O–H groups in total. The summed E-state index contributed by atoms with van der Waals surface area (Å²) in [7, 11) is 0. The summed E-state index contributed by atoms with van der Waals surface area (Å²) in [6, 6.07) is 8.62. The molecule has 2 aromatic heterocycles. The van der Waals surface area contributed by atoms with E-state index in [9.17, 15) is 4.79 Å². The first-order valence-electron chi connectivity index (χ1n) is 5.79. The third kappa shape index (κ3) is 2.06. The first-order chi connectivity index (χ1) is 9.13. The van der Waals surface area contributed by atoms with E-state index in [2.05, 4.69) is 15.0 Å². The largest absolute Gasteiger partial charge is 0.478 e. The molecule has 0 radical (unpaired) electrons. The molecule has 0 saturated carbocycles. The summed E-state index contributed by atoms with van der Waals surface area (Å²) >= 11 is 0. The molecule has 0 unspecified atom stereocenters. The van der Waals surface area contributed by atoms with Crippen LogP contribution in [-0.2, 0) is 0 Å². The number of rotatable bonds is 2. The molecular weight excluding hydrogens is 242 g/mol. The fourth-order valence-corrected chi connectivity index (χ4v) is 1.94. The van der Waals surface area contributed by atoms with Gasteiger partial charge in [0.2, 0.25) is 0 Å². The van der Waals surface area contributed by atoms with Gasteiger partial charge in [-0.25, -0.2) is 14.8 Å². The lowest BCUT2D eigenvalue weighted by atomic mass is 10.1. The smallest absolute Gasteiger partial charge is 0.335 e. The Hall–Kier alpha value is -2.69. The maximum absolute atomic E-state index is 11.0. The highest BCUT2D eigenvalue weighted by Gasteiger charge is 2.09. The summed E-state index contributed by atoms with van der Waals surface area (Å²) in [5.74, 6) is -0.330. The maximum atomic E-state index is 11.0. The van der Waals surface area contributed by atoms with Gasteiger partial charge in [-0.05, 0) is 30.7 Å². The van der Waals surface area contributed by atoms with Crippen LogP contribution < -0.4 is 0 Å². The van der Waals surface area contributed by atoms with Crippen LogP contribution in [0.5, 0.6) is 0 Å². The van der Waals surface area contributed by atoms with Gasteiger partial charge >= 0.3 is 5.97 Å². The van der Waals surface area contributed by atoms with Crippen LogP contribution in [0, 0.1) is 6.92 Å². The summed E-state index contributed by atoms with van der Waals surface area (Å²) in [6.45, 7) is 1.96. The molecule has 5 nitrogen and oxygen atoms in total. The summed E-state index contributed by atoms with van der Waals surface area (Å²) in [6.07, 6.45) is 1.75. The second-order valence-electron chi connectivity index (χ2n) is 4.36. The number of fused-ring (bicyclic) bond motifs is 1. The molecule has 0 spiro atoms. The van der Waals surface area contributed by atoms with Crippen LogP contribution in [0.3, 0.4) is 0 Å². The minimum absolute atomic E-state index is 0.238. The number of aryl methyl sites for hydroxylation is 1. The van der Waals surface area contributed by atoms with Crippen molar-refractivity contribution in [2.24, 2.45) is 0 Å². The van der Waals surface area contributed by atoms with Crippen LogP contribution in [0.25, 0.3) is 22.6 Å². The van der Waals surface area contributed by atoms with E-state index in [1.807, 2.05) is 19.1 Å². The Morgan fingerprint density at radius 3 is 2.95 bits per heavy atom. The van der Waals surface area contributed by atoms with Gasteiger partial charge in [0.25, 0.3) is 0 Å². The number of aromatic nitrogens is 3. The lowest BCUT2D eigenvalue weighted by molar-refractivity contribution is 0.0697. The van der Waals surface area contributed by atoms with E-state index in [1.165, 1.54) is 0 Å². The number of aromatic carboxylic acids is 1. The molecule has 3 aromatic rings. The van der Waals surface area contributed by atoms with Crippen LogP contribution in [-0.4, -0.2) is 26.0 Å². The highest BCUT2D eigenvalue weighted by atomic mass is 16.4. The van der Waals surface area contributed by atoms with Gasteiger partial charge in [0.05, 0.1) is 11.1 Å². The number of hydrogen-bond donors (Lipinski definition) is 2. The van der Waals surface area contributed by atoms with Gasteiger partial charge in [-0.15, -0.1) is 0 Å². The quantitative estimate of drug-likeness (QED) is 0.735. The topological polar surface area (TPSA) is 78.9 Å². The number of hydrogen-bond acceptors (Lipinski definition) is 3. The van der Waals surface area contributed by atoms with Crippen molar-refractivity contribution in [3.8, 4) is 11.4 Å². The fraction of sp³-hybridized carbons (Fsp3) is 0.0714. The van der Waals surface area contributed by atoms with Crippen molar-refractivity contribution in [2.75, 3.05) is 0 Å². The first-order valence-corrected chi connectivity index (χ1v) is 5.79. The number of aromatic amines is 1. The monoisotopic (exact) mass is 253 g/mol. The molecule has 1 aromatic carbocycles. The molecule has 2 heterocycles. The lowest BCUT2D eigenvalue weighted by Gasteiger charge is -1.98. The van der Waals surface area contributed by atoms with Crippen molar-refractivity contribution in [1.29, 1.82) is 0 Å². The van der Waals surface area contributed by atoms with E-state index in [-0.39, 0.29) is 5.56 Å². The average molecular weight is 253 g/mol. The third-order valence-electron chi connectivity index (χ3n) is 2.86. The number of carbonyl (C=O) groups is 1. The molecule has 94 valence electrons. The molecule has 0 aliphatic rings. The molecule has 0 atom stereocenters. The maximum Gasteiger partial charge on any atom is 0.335 e. The Kier molecular flexibility index (Phi) is 2.52. The van der Waals surface area contributed by atoms with E-state index >= 15 is 0 Å². The van der Waals surface area contributed by atoms with Gasteiger partial charge in [-0.1, -0.05) is 12.1 Å². The van der Waals surface area contributed by atoms with E-state index in [4.69, 9.17) is 5.11 Å². The number of H-pyrrole nitrogens is 1. The van der Waals surface area contributed by atoms with E-state index in [0.29, 0.717) is 11.5 Å². The van der Waals surface area contributed by atoms with Gasteiger partial charge in [0, 0.05) is 11.8 Å². The normalized spacial score (nSPS) is 10.8. The Morgan fingerprint density at radius 2 is 2.16 bits per heavy atom. The molecule has 0 saturated heterocycles. The van der Waals surface area contributed by atoms with Crippen molar-refractivity contribution < 1.29 is 9.90 Å². The highest BCUT2D eigenvalue weighted by molar-refractivity contribution is 5.89. The predicted octanol–water partition coefficient (Wildman–Crippen LogP) is 2.63. The summed E-state index contributed by atoms with van der Waals surface area (Å²) in [5.41, 5.74) is 3.48. The van der Waals surface area contributed by atoms with Crippen molar-refractivity contribution in [1.82, 2.24) is 15.0 Å². The van der Waals surface area contributed by atoms with Crippen LogP contribution in [0.4, 0.5) is 0 Å². The molecule has 0 fully saturated rings. The Labute approximate surface area is 109 Å². The lowest BCUT2D eigenvalue weighted by Crippen LogP contribution is -1.95. The molecule has 3 rings (SSSR count). The van der Waals surface area contributed by atoms with E-state index < -0.39 is 5.97 Å². The second-order valence-corrected chi connectivity index (χ2v) is 4.36. The summed E-state index contributed by atoms with van der Waals surface area (Å²) < 4.78 is 0. The van der Waals surface area contributed by atoms with Gasteiger partial charge in [0.15, 0.2) is 5.65 Å². The number of nitrogens with zero attached hydrogens (tertiary/aromatic N) is 2. The Balaban J connectivity index is 2.13. The number of carboxylic acids is 1. The predicted molar refractivity (Wildman–Crippen MR) is 71.0 cm³/mol. The minimum Gasteiger partial charge on any atom is -0.478 e. The van der Waals surface area contributed by atoms with Crippen molar-refractivity contribution >= 4 is 17.1 Å². The summed E-state index contributed by atoms with van der Waals surface area (Å²) in [5, 5.41) is 8.99. The standard InChI is InChI=1S/C14H11N3O2/c1-8-5-11-13(15-7-8)17-12(16-11)9-3-2-4-10(6-9)14(18)19/h2-7H,1H3,(H,18,19)(H,15,16,17). The zero-order valence-corrected chi connectivity index (χ0v) is 10.2. The second kappa shape index (κ2) is 4.20. The van der Waals surface area contributed by atoms with Crippen molar-refractivity contribution in [3.63, 3.8) is 0 Å². The number of pyridine rings is 1. The summed E-state index contributed by atoms with van der Waals surface area (Å²) in [4.78, 5) is 22.7. The number of benzene rings is 1. The number of nitrogens with one attached hydrogen (secondary N) is 1. The molecular formula is C14H11N3O2. The molecule has 0 bridgehead atoms. The van der Waals surface area contributed by atoms with Gasteiger partial charge < -0.3 is 10.1 Å². The van der Waals surface area contributed by atoms with Crippen LogP contribution in [0.15, 0.2) is 36.5 Å². The van der Waals surface area contributed by atoms with Crippen LogP contribution >= 0.6 is 0 Å². The molecule has 0 aliphatic carbocycles. The van der Waals surface area contributed by atoms with E-state index in [0.717, 1.165) is 16.6 Å². The number of imidazole rings is 1. The molecule has 0 aliphatic heterocycles. The van der Waals surface area contributed by atoms with Gasteiger partial charge in [0.1, 0.15) is 5.82 Å². The van der Waals surface area contributed by atoms with Crippen molar-refractivity contribution in [3.05, 3.63) is 47.7 Å². The molecule has 0 amide bonds. The fourth-order valence-electron chi connectivity index (χ4n) is 1.94. The molecule has 19 heavy (non-hydrogen) atoms. The SMILES string of the molecule is Cc1cnc2nc(-c3cccc(C(=O)O)c3)[nH]c2c1. The van der Waals surface area contributed by atoms with Gasteiger partial charge in [-0.2, -0.15) is 0 Å². The zero-order valence-electron chi connectivity index (χ0n) is 10.2.